The van der Waals surface area contributed by atoms with Gasteiger partial charge in [-0.05, 0) is 67.1 Å². The second-order valence-electron chi connectivity index (χ2n) is 4.40. The van der Waals surface area contributed by atoms with Crippen LogP contribution in [0.5, 0.6) is 0 Å². The third kappa shape index (κ3) is 1.95. The third-order valence-electron chi connectivity index (χ3n) is 2.83. The van der Waals surface area contributed by atoms with E-state index < -0.39 is 0 Å². The van der Waals surface area contributed by atoms with Crippen LogP contribution in [0.3, 0.4) is 0 Å². The fourth-order valence-electron chi connectivity index (χ4n) is 2.06. The van der Waals surface area contributed by atoms with E-state index in [2.05, 4.69) is 59.7 Å². The number of rotatable bonds is 1. The van der Waals surface area contributed by atoms with Crippen molar-refractivity contribution >= 4 is 44.1 Å². The summed E-state index contributed by atoms with van der Waals surface area (Å²) >= 11 is 4.04. The number of halogens is 1. The van der Waals surface area contributed by atoms with E-state index in [4.69, 9.17) is 4.98 Å². The highest BCUT2D eigenvalue weighted by atomic mass is 127. The lowest BCUT2D eigenvalue weighted by Gasteiger charge is -1.96. The minimum atomic E-state index is 0.945. The van der Waals surface area contributed by atoms with Gasteiger partial charge in [0, 0.05) is 9.26 Å². The molecule has 0 saturated carbocycles. The summed E-state index contributed by atoms with van der Waals surface area (Å²) in [7, 11) is 0. The van der Waals surface area contributed by atoms with Gasteiger partial charge in [-0.25, -0.2) is 9.67 Å². The van der Waals surface area contributed by atoms with E-state index >= 15 is 0 Å². The molecule has 0 amide bonds. The van der Waals surface area contributed by atoms with Crippen molar-refractivity contribution in [2.75, 3.05) is 0 Å². The van der Waals surface area contributed by atoms with Crippen molar-refractivity contribution in [3.05, 3.63) is 38.7 Å². The van der Waals surface area contributed by atoms with E-state index in [1.54, 1.807) is 11.3 Å². The second-order valence-corrected chi connectivity index (χ2v) is 6.66. The first kappa shape index (κ1) is 12.1. The third-order valence-corrected chi connectivity index (χ3v) is 4.43. The van der Waals surface area contributed by atoms with Crippen LogP contribution in [0.2, 0.25) is 0 Å². The molecule has 2 aromatic heterocycles. The standard InChI is InChI=1S/C13H12IN3S/c1-7-4-10(14)6-11-12(7)15-13(18-11)17-9(3)5-8(2)16-17/h4-6H,1-3H3. The molecular formula is C13H12IN3S. The van der Waals surface area contributed by atoms with Crippen LogP contribution in [0.25, 0.3) is 15.3 Å². The van der Waals surface area contributed by atoms with Gasteiger partial charge >= 0.3 is 0 Å². The zero-order valence-electron chi connectivity index (χ0n) is 10.4. The lowest BCUT2D eigenvalue weighted by Crippen LogP contribution is -1.97. The van der Waals surface area contributed by atoms with Crippen molar-refractivity contribution in [2.45, 2.75) is 20.8 Å². The summed E-state index contributed by atoms with van der Waals surface area (Å²) in [6.45, 7) is 6.17. The average Bonchev–Trinajstić information content (AvgIpc) is 2.81. The zero-order valence-corrected chi connectivity index (χ0v) is 13.3. The maximum atomic E-state index is 4.71. The predicted octanol–water partition coefficient (Wildman–Crippen LogP) is 4.01. The molecule has 18 heavy (non-hydrogen) atoms. The van der Waals surface area contributed by atoms with Gasteiger partial charge in [0.25, 0.3) is 0 Å². The molecule has 0 N–H and O–H groups in total. The number of hydrogen-bond donors (Lipinski definition) is 0. The minimum absolute atomic E-state index is 0.945. The molecule has 1 aromatic carbocycles. The van der Waals surface area contributed by atoms with E-state index in [-0.39, 0.29) is 0 Å². The lowest BCUT2D eigenvalue weighted by molar-refractivity contribution is 0.827. The van der Waals surface area contributed by atoms with Crippen LogP contribution in [0, 0.1) is 24.3 Å². The van der Waals surface area contributed by atoms with Crippen molar-refractivity contribution in [3.63, 3.8) is 0 Å². The lowest BCUT2D eigenvalue weighted by atomic mass is 10.2. The number of nitrogens with zero attached hydrogens (tertiary/aromatic N) is 3. The molecule has 3 rings (SSSR count). The highest BCUT2D eigenvalue weighted by molar-refractivity contribution is 14.1. The summed E-state index contributed by atoms with van der Waals surface area (Å²) in [6, 6.07) is 6.41. The van der Waals surface area contributed by atoms with E-state index in [0.29, 0.717) is 0 Å². The van der Waals surface area contributed by atoms with Gasteiger partial charge in [0.05, 0.1) is 15.9 Å². The van der Waals surface area contributed by atoms with Crippen LogP contribution < -0.4 is 0 Å². The summed E-state index contributed by atoms with van der Waals surface area (Å²) in [6.07, 6.45) is 0. The molecule has 0 atom stereocenters. The van der Waals surface area contributed by atoms with Crippen LogP contribution in [0.4, 0.5) is 0 Å². The number of hydrogen-bond acceptors (Lipinski definition) is 3. The Balaban J connectivity index is 2.25. The summed E-state index contributed by atoms with van der Waals surface area (Å²) in [4.78, 5) is 4.71. The van der Waals surface area contributed by atoms with Gasteiger partial charge in [0.1, 0.15) is 0 Å². The van der Waals surface area contributed by atoms with Gasteiger partial charge in [0.2, 0.25) is 5.13 Å². The van der Waals surface area contributed by atoms with E-state index in [0.717, 1.165) is 22.0 Å². The van der Waals surface area contributed by atoms with Crippen LogP contribution >= 0.6 is 33.9 Å². The van der Waals surface area contributed by atoms with E-state index in [1.165, 1.54) is 13.8 Å². The van der Waals surface area contributed by atoms with Crippen molar-refractivity contribution in [1.29, 1.82) is 0 Å². The van der Waals surface area contributed by atoms with E-state index in [1.807, 2.05) is 11.6 Å². The van der Waals surface area contributed by atoms with Crippen molar-refractivity contribution in [3.8, 4) is 5.13 Å². The first-order valence-electron chi connectivity index (χ1n) is 5.65. The summed E-state index contributed by atoms with van der Waals surface area (Å²) in [5.41, 5.74) is 4.46. The van der Waals surface area contributed by atoms with Crippen molar-refractivity contribution in [2.24, 2.45) is 0 Å². The van der Waals surface area contributed by atoms with Crippen LogP contribution in [0.1, 0.15) is 17.0 Å². The van der Waals surface area contributed by atoms with Gasteiger partial charge in [-0.15, -0.1) is 0 Å². The Bertz CT molecular complexity index is 742. The summed E-state index contributed by atoms with van der Waals surface area (Å²) in [5.74, 6) is 0. The Morgan fingerprint density at radius 1 is 1.17 bits per heavy atom. The van der Waals surface area contributed by atoms with Crippen LogP contribution in [-0.2, 0) is 0 Å². The Labute approximate surface area is 123 Å². The quantitative estimate of drug-likeness (QED) is 0.607. The molecule has 3 aromatic rings. The maximum Gasteiger partial charge on any atom is 0.211 e. The molecule has 0 unspecified atom stereocenters. The normalized spacial score (nSPS) is 11.3. The monoisotopic (exact) mass is 369 g/mol. The maximum absolute atomic E-state index is 4.71. The molecular weight excluding hydrogens is 357 g/mol. The molecule has 0 aliphatic carbocycles. The molecule has 0 aliphatic rings. The predicted molar refractivity (Wildman–Crippen MR) is 83.7 cm³/mol. The highest BCUT2D eigenvalue weighted by Gasteiger charge is 2.11. The average molecular weight is 369 g/mol. The number of aryl methyl sites for hydroxylation is 3. The number of aromatic nitrogens is 3. The largest absolute Gasteiger partial charge is 0.218 e. The second kappa shape index (κ2) is 4.31. The van der Waals surface area contributed by atoms with Gasteiger partial charge in [0.15, 0.2) is 0 Å². The molecule has 92 valence electrons. The Kier molecular flexibility index (Phi) is 2.90. The fourth-order valence-corrected chi connectivity index (χ4v) is 4.14. The number of benzene rings is 1. The highest BCUT2D eigenvalue weighted by Crippen LogP contribution is 2.29. The Morgan fingerprint density at radius 2 is 1.94 bits per heavy atom. The topological polar surface area (TPSA) is 30.7 Å². The summed E-state index contributed by atoms with van der Waals surface area (Å²) < 4.78 is 4.40. The van der Waals surface area contributed by atoms with E-state index in [9.17, 15) is 0 Å². The molecule has 3 nitrogen and oxygen atoms in total. The molecule has 0 fully saturated rings. The molecule has 0 bridgehead atoms. The first-order valence-corrected chi connectivity index (χ1v) is 7.54. The van der Waals surface area contributed by atoms with Crippen LogP contribution in [-0.4, -0.2) is 14.8 Å². The number of thiazole rings is 1. The SMILES string of the molecule is Cc1cc(C)n(-c2nc3c(C)cc(I)cc3s2)n1. The van der Waals surface area contributed by atoms with Crippen molar-refractivity contribution < 1.29 is 0 Å². The van der Waals surface area contributed by atoms with Crippen LogP contribution in [0.15, 0.2) is 18.2 Å². The summed E-state index contributed by atoms with van der Waals surface area (Å²) in [5, 5.41) is 5.44. The van der Waals surface area contributed by atoms with Gasteiger partial charge in [-0.1, -0.05) is 11.3 Å². The molecule has 0 radical (unpaired) electrons. The molecule has 5 heteroatoms. The zero-order chi connectivity index (χ0) is 12.9. The molecule has 0 spiro atoms. The van der Waals surface area contributed by atoms with Gasteiger partial charge in [-0.2, -0.15) is 5.10 Å². The minimum Gasteiger partial charge on any atom is -0.218 e. The molecule has 0 saturated heterocycles. The molecule has 0 aliphatic heterocycles. The van der Waals surface area contributed by atoms with Gasteiger partial charge < -0.3 is 0 Å². The smallest absolute Gasteiger partial charge is 0.211 e. The van der Waals surface area contributed by atoms with Gasteiger partial charge in [-0.3, -0.25) is 0 Å². The fraction of sp³-hybridized carbons (Fsp3) is 0.231. The van der Waals surface area contributed by atoms with Crippen molar-refractivity contribution in [1.82, 2.24) is 14.8 Å². The Hall–Kier alpha value is -0.950. The molecule has 2 heterocycles. The Morgan fingerprint density at radius 3 is 2.61 bits per heavy atom. The first-order chi connectivity index (χ1) is 8.54. The number of fused-ring (bicyclic) bond motifs is 1.